The number of hydrogen-bond donors (Lipinski definition) is 0. The van der Waals surface area contributed by atoms with Crippen molar-refractivity contribution in [2.75, 3.05) is 0 Å². The molecule has 2 rings (SSSR count). The molecule has 0 bridgehead atoms. The van der Waals surface area contributed by atoms with Gasteiger partial charge < -0.3 is 0 Å². The fraction of sp³-hybridized carbons (Fsp3) is 0.700. The number of rotatable bonds is 1. The van der Waals surface area contributed by atoms with Gasteiger partial charge in [0.2, 0.25) is 0 Å². The summed E-state index contributed by atoms with van der Waals surface area (Å²) >= 11 is 6.10. The maximum Gasteiger partial charge on any atom is 0.0525 e. The summed E-state index contributed by atoms with van der Waals surface area (Å²) in [5, 5.41) is 4.71. The highest BCUT2D eigenvalue weighted by molar-refractivity contribution is 6.20. The van der Waals surface area contributed by atoms with Crippen LogP contribution in [0.15, 0.2) is 6.20 Å². The van der Waals surface area contributed by atoms with E-state index in [0.717, 1.165) is 19.3 Å². The lowest BCUT2D eigenvalue weighted by molar-refractivity contribution is 0.496. The normalized spacial score (nSPS) is 22.0. The predicted octanol–water partition coefficient (Wildman–Crippen LogP) is 2.56. The van der Waals surface area contributed by atoms with Crippen LogP contribution in [-0.2, 0) is 12.8 Å². The molecule has 1 atom stereocenters. The number of alkyl halides is 1. The third-order valence-electron chi connectivity index (χ3n) is 2.61. The Hall–Kier alpha value is -0.500. The Kier molecular flexibility index (Phi) is 2.33. The van der Waals surface area contributed by atoms with E-state index < -0.39 is 0 Å². The summed E-state index contributed by atoms with van der Waals surface area (Å²) in [5.74, 6) is 0. The zero-order valence-electron chi connectivity index (χ0n) is 8.13. The number of halogens is 1. The minimum atomic E-state index is 0.317. The Bertz CT molecular complexity index is 304. The van der Waals surface area contributed by atoms with E-state index in [1.54, 1.807) is 0 Å². The largest absolute Gasteiger partial charge is 0.267 e. The first-order chi connectivity index (χ1) is 6.18. The molecule has 0 saturated carbocycles. The van der Waals surface area contributed by atoms with Gasteiger partial charge in [-0.2, -0.15) is 5.10 Å². The molecule has 1 aromatic heterocycles. The first-order valence-electron chi connectivity index (χ1n) is 4.88. The SMILES string of the molecule is CC(C)n1ncc2c1CC[C@H](Cl)C2. The second kappa shape index (κ2) is 3.33. The Balaban J connectivity index is 2.33. The van der Waals surface area contributed by atoms with Gasteiger partial charge in [0, 0.05) is 17.1 Å². The molecule has 0 amide bonds. The van der Waals surface area contributed by atoms with Crippen LogP contribution in [0.5, 0.6) is 0 Å². The molecule has 0 radical (unpaired) electrons. The molecular weight excluding hydrogens is 184 g/mol. The molecule has 72 valence electrons. The summed E-state index contributed by atoms with van der Waals surface area (Å²) in [7, 11) is 0. The first-order valence-corrected chi connectivity index (χ1v) is 5.31. The Labute approximate surface area is 83.9 Å². The number of hydrogen-bond acceptors (Lipinski definition) is 1. The van der Waals surface area contributed by atoms with E-state index in [0.29, 0.717) is 11.4 Å². The average molecular weight is 199 g/mol. The Morgan fingerprint density at radius 1 is 1.62 bits per heavy atom. The number of aromatic nitrogens is 2. The first kappa shape index (κ1) is 9.07. The van der Waals surface area contributed by atoms with E-state index in [9.17, 15) is 0 Å². The summed E-state index contributed by atoms with van der Waals surface area (Å²) in [6.07, 6.45) is 5.14. The number of fused-ring (bicyclic) bond motifs is 1. The molecule has 2 nitrogen and oxygen atoms in total. The standard InChI is InChI=1S/C10H15ClN2/c1-7(2)13-10-4-3-9(11)5-8(10)6-12-13/h6-7,9H,3-5H2,1-2H3/t9-/m0/s1. The summed E-state index contributed by atoms with van der Waals surface area (Å²) in [4.78, 5) is 0. The van der Waals surface area contributed by atoms with Crippen LogP contribution >= 0.6 is 11.6 Å². The van der Waals surface area contributed by atoms with E-state index in [1.807, 2.05) is 6.20 Å². The van der Waals surface area contributed by atoms with Crippen molar-refractivity contribution < 1.29 is 0 Å². The van der Waals surface area contributed by atoms with Crippen molar-refractivity contribution in [1.82, 2.24) is 9.78 Å². The summed E-state index contributed by atoms with van der Waals surface area (Å²) in [6, 6.07) is 0.468. The van der Waals surface area contributed by atoms with Crippen LogP contribution in [0.25, 0.3) is 0 Å². The Morgan fingerprint density at radius 3 is 3.08 bits per heavy atom. The van der Waals surface area contributed by atoms with Crippen molar-refractivity contribution >= 4 is 11.6 Å². The molecule has 0 N–H and O–H groups in total. The third kappa shape index (κ3) is 1.60. The number of nitrogens with zero attached hydrogens (tertiary/aromatic N) is 2. The average Bonchev–Trinajstić information content (AvgIpc) is 2.46. The molecule has 0 fully saturated rings. The van der Waals surface area contributed by atoms with Crippen LogP contribution in [0.1, 0.15) is 37.6 Å². The minimum absolute atomic E-state index is 0.317. The molecule has 1 aliphatic rings. The van der Waals surface area contributed by atoms with Crippen LogP contribution in [0, 0.1) is 0 Å². The van der Waals surface area contributed by atoms with Crippen LogP contribution < -0.4 is 0 Å². The molecule has 0 saturated heterocycles. The van der Waals surface area contributed by atoms with Gasteiger partial charge in [0.25, 0.3) is 0 Å². The maximum atomic E-state index is 6.10. The van der Waals surface area contributed by atoms with Gasteiger partial charge >= 0.3 is 0 Å². The highest BCUT2D eigenvalue weighted by Crippen LogP contribution is 2.25. The van der Waals surface area contributed by atoms with Crippen LogP contribution in [0.4, 0.5) is 0 Å². The lowest BCUT2D eigenvalue weighted by Gasteiger charge is -2.19. The molecule has 1 aliphatic carbocycles. The van der Waals surface area contributed by atoms with Gasteiger partial charge in [0.05, 0.1) is 6.20 Å². The van der Waals surface area contributed by atoms with E-state index >= 15 is 0 Å². The molecule has 0 aromatic carbocycles. The van der Waals surface area contributed by atoms with Crippen LogP contribution in [0.3, 0.4) is 0 Å². The van der Waals surface area contributed by atoms with Gasteiger partial charge in [-0.3, -0.25) is 4.68 Å². The molecule has 0 unspecified atom stereocenters. The minimum Gasteiger partial charge on any atom is -0.267 e. The van der Waals surface area contributed by atoms with Gasteiger partial charge in [0.1, 0.15) is 0 Å². The molecule has 0 spiro atoms. The zero-order valence-corrected chi connectivity index (χ0v) is 8.88. The lowest BCUT2D eigenvalue weighted by Crippen LogP contribution is -2.17. The van der Waals surface area contributed by atoms with Gasteiger partial charge in [-0.15, -0.1) is 11.6 Å². The Morgan fingerprint density at radius 2 is 2.38 bits per heavy atom. The summed E-state index contributed by atoms with van der Waals surface area (Å²) in [6.45, 7) is 4.33. The van der Waals surface area contributed by atoms with Crippen LogP contribution in [-0.4, -0.2) is 15.2 Å². The highest BCUT2D eigenvalue weighted by atomic mass is 35.5. The third-order valence-corrected chi connectivity index (χ3v) is 2.98. The van der Waals surface area contributed by atoms with Crippen molar-refractivity contribution in [1.29, 1.82) is 0 Å². The van der Waals surface area contributed by atoms with Crippen molar-refractivity contribution in [2.24, 2.45) is 0 Å². The lowest BCUT2D eigenvalue weighted by atomic mass is 9.97. The predicted molar refractivity (Wildman–Crippen MR) is 54.3 cm³/mol. The fourth-order valence-electron chi connectivity index (χ4n) is 1.95. The van der Waals surface area contributed by atoms with Crippen molar-refractivity contribution in [3.8, 4) is 0 Å². The monoisotopic (exact) mass is 198 g/mol. The summed E-state index contributed by atoms with van der Waals surface area (Å²) in [5.41, 5.74) is 2.74. The molecule has 1 aromatic rings. The van der Waals surface area contributed by atoms with Crippen molar-refractivity contribution in [3.05, 3.63) is 17.5 Å². The molecular formula is C10H15ClN2. The van der Waals surface area contributed by atoms with Gasteiger partial charge in [-0.1, -0.05) is 0 Å². The second-order valence-corrected chi connectivity index (χ2v) is 4.61. The van der Waals surface area contributed by atoms with E-state index in [4.69, 9.17) is 11.6 Å². The van der Waals surface area contributed by atoms with Crippen LogP contribution in [0.2, 0.25) is 0 Å². The van der Waals surface area contributed by atoms with Gasteiger partial charge in [-0.05, 0) is 38.7 Å². The molecule has 13 heavy (non-hydrogen) atoms. The molecule has 1 heterocycles. The maximum absolute atomic E-state index is 6.10. The quantitative estimate of drug-likeness (QED) is 0.635. The summed E-state index contributed by atoms with van der Waals surface area (Å²) < 4.78 is 2.12. The molecule has 0 aliphatic heterocycles. The molecule has 3 heteroatoms. The van der Waals surface area contributed by atoms with E-state index in [1.165, 1.54) is 11.3 Å². The van der Waals surface area contributed by atoms with Crippen molar-refractivity contribution in [2.45, 2.75) is 44.5 Å². The smallest absolute Gasteiger partial charge is 0.0525 e. The van der Waals surface area contributed by atoms with Gasteiger partial charge in [-0.25, -0.2) is 0 Å². The van der Waals surface area contributed by atoms with Crippen molar-refractivity contribution in [3.63, 3.8) is 0 Å². The van der Waals surface area contributed by atoms with E-state index in [2.05, 4.69) is 23.6 Å². The van der Waals surface area contributed by atoms with Gasteiger partial charge in [0.15, 0.2) is 0 Å². The highest BCUT2D eigenvalue weighted by Gasteiger charge is 2.21. The zero-order chi connectivity index (χ0) is 9.42. The second-order valence-electron chi connectivity index (χ2n) is 3.99. The fourth-order valence-corrected chi connectivity index (χ4v) is 2.22. The topological polar surface area (TPSA) is 17.8 Å². The van der Waals surface area contributed by atoms with E-state index in [-0.39, 0.29) is 0 Å².